The smallest absolute Gasteiger partial charge is 0.319 e. The van der Waals surface area contributed by atoms with Crippen LogP contribution in [0.1, 0.15) is 13.3 Å². The normalized spacial score (nSPS) is 13.8. The molecule has 1 rings (SSSR count). The maximum Gasteiger partial charge on any atom is 0.319 e. The van der Waals surface area contributed by atoms with Crippen molar-refractivity contribution >= 4 is 29.0 Å². The number of carbonyl (C=O) groups excluding carboxylic acids is 1. The molecule has 0 aliphatic heterocycles. The van der Waals surface area contributed by atoms with Crippen LogP contribution < -0.4 is 10.6 Å². The Balaban J connectivity index is 2.35. The van der Waals surface area contributed by atoms with Gasteiger partial charge in [0.1, 0.15) is 0 Å². The molecule has 1 heterocycles. The van der Waals surface area contributed by atoms with Gasteiger partial charge in [0.2, 0.25) is 0 Å². The first-order valence-corrected chi connectivity index (χ1v) is 5.84. The first kappa shape index (κ1) is 13.5. The summed E-state index contributed by atoms with van der Waals surface area (Å²) in [6.07, 6.45) is -0.425. The van der Waals surface area contributed by atoms with Crippen molar-refractivity contribution in [3.05, 3.63) is 16.8 Å². The van der Waals surface area contributed by atoms with Gasteiger partial charge >= 0.3 is 12.0 Å². The number of thiophene rings is 1. The molecule has 2 amide bonds. The van der Waals surface area contributed by atoms with E-state index in [1.807, 2.05) is 5.38 Å². The molecule has 6 nitrogen and oxygen atoms in total. The van der Waals surface area contributed by atoms with E-state index in [0.29, 0.717) is 5.69 Å². The summed E-state index contributed by atoms with van der Waals surface area (Å²) in [5.41, 5.74) is -0.803. The monoisotopic (exact) mass is 258 g/mol. The van der Waals surface area contributed by atoms with Crippen molar-refractivity contribution in [3.63, 3.8) is 0 Å². The van der Waals surface area contributed by atoms with E-state index in [0.717, 1.165) is 0 Å². The van der Waals surface area contributed by atoms with Gasteiger partial charge in [-0.1, -0.05) is 0 Å². The Labute approximate surface area is 102 Å². The standard InChI is InChI=1S/C10H14N2O4S/c1-10(16,4-8(13)14)6-11-9(15)12-7-2-3-17-5-7/h2-3,5,16H,4,6H2,1H3,(H,13,14)(H2,11,12,15). The van der Waals surface area contributed by atoms with E-state index in [2.05, 4.69) is 10.6 Å². The molecule has 4 N–H and O–H groups in total. The highest BCUT2D eigenvalue weighted by atomic mass is 32.1. The number of hydrogen-bond donors (Lipinski definition) is 4. The number of carboxylic acid groups (broad SMARTS) is 1. The molecule has 0 saturated carbocycles. The third-order valence-corrected chi connectivity index (χ3v) is 2.62. The topological polar surface area (TPSA) is 98.7 Å². The third kappa shape index (κ3) is 5.32. The molecule has 7 heteroatoms. The van der Waals surface area contributed by atoms with Gasteiger partial charge in [0.05, 0.1) is 17.7 Å². The predicted molar refractivity (Wildman–Crippen MR) is 64.2 cm³/mol. The van der Waals surface area contributed by atoms with Crippen LogP contribution in [-0.2, 0) is 4.79 Å². The van der Waals surface area contributed by atoms with Crippen LogP contribution in [0.3, 0.4) is 0 Å². The minimum Gasteiger partial charge on any atom is -0.481 e. The van der Waals surface area contributed by atoms with Crippen molar-refractivity contribution in [2.75, 3.05) is 11.9 Å². The Morgan fingerprint density at radius 2 is 2.24 bits per heavy atom. The number of anilines is 1. The molecule has 0 radical (unpaired) electrons. The van der Waals surface area contributed by atoms with Crippen LogP contribution in [0.15, 0.2) is 16.8 Å². The molecule has 0 bridgehead atoms. The van der Waals surface area contributed by atoms with Gasteiger partial charge in [0, 0.05) is 11.9 Å². The lowest BCUT2D eigenvalue weighted by Gasteiger charge is -2.21. The zero-order chi connectivity index (χ0) is 12.9. The molecule has 1 unspecified atom stereocenters. The maximum atomic E-state index is 11.4. The first-order valence-electron chi connectivity index (χ1n) is 4.90. The van der Waals surface area contributed by atoms with Gasteiger partial charge in [0.15, 0.2) is 0 Å². The molecule has 94 valence electrons. The molecule has 0 aliphatic carbocycles. The summed E-state index contributed by atoms with van der Waals surface area (Å²) in [7, 11) is 0. The molecular weight excluding hydrogens is 244 g/mol. The summed E-state index contributed by atoms with van der Waals surface area (Å²) in [5, 5.41) is 26.7. The van der Waals surface area contributed by atoms with Gasteiger partial charge in [-0.3, -0.25) is 4.79 Å². The van der Waals surface area contributed by atoms with Crippen molar-refractivity contribution in [2.24, 2.45) is 0 Å². The number of amides is 2. The quantitative estimate of drug-likeness (QED) is 0.635. The molecule has 1 atom stereocenters. The summed E-state index contributed by atoms with van der Waals surface area (Å²) in [5.74, 6) is -1.12. The second-order valence-electron chi connectivity index (χ2n) is 3.89. The number of aliphatic carboxylic acids is 1. The summed E-state index contributed by atoms with van der Waals surface area (Å²) in [6.45, 7) is 1.22. The van der Waals surface area contributed by atoms with Crippen molar-refractivity contribution in [2.45, 2.75) is 18.9 Å². The number of carbonyl (C=O) groups is 2. The molecule has 0 aromatic carbocycles. The maximum absolute atomic E-state index is 11.4. The van der Waals surface area contributed by atoms with E-state index >= 15 is 0 Å². The van der Waals surface area contributed by atoms with Gasteiger partial charge in [-0.25, -0.2) is 4.79 Å². The van der Waals surface area contributed by atoms with Gasteiger partial charge in [-0.05, 0) is 18.4 Å². The van der Waals surface area contributed by atoms with Crippen molar-refractivity contribution in [1.82, 2.24) is 5.32 Å². The molecule has 0 saturated heterocycles. The zero-order valence-corrected chi connectivity index (χ0v) is 10.1. The Morgan fingerprint density at radius 3 is 2.76 bits per heavy atom. The second kappa shape index (κ2) is 5.65. The van der Waals surface area contributed by atoms with Crippen LogP contribution in [0, 0.1) is 0 Å². The van der Waals surface area contributed by atoms with Crippen molar-refractivity contribution < 1.29 is 19.8 Å². The fourth-order valence-electron chi connectivity index (χ4n) is 1.17. The Morgan fingerprint density at radius 1 is 1.53 bits per heavy atom. The summed E-state index contributed by atoms with van der Waals surface area (Å²) in [4.78, 5) is 21.8. The van der Waals surface area contributed by atoms with E-state index in [9.17, 15) is 14.7 Å². The lowest BCUT2D eigenvalue weighted by atomic mass is 10.0. The van der Waals surface area contributed by atoms with Crippen LogP contribution in [0.5, 0.6) is 0 Å². The Hall–Kier alpha value is -1.60. The first-order chi connectivity index (χ1) is 7.89. The largest absolute Gasteiger partial charge is 0.481 e. The number of carboxylic acids is 1. The second-order valence-corrected chi connectivity index (χ2v) is 4.67. The minimum absolute atomic E-state index is 0.130. The molecular formula is C10H14N2O4S. The van der Waals surface area contributed by atoms with E-state index in [1.54, 1.807) is 11.4 Å². The third-order valence-electron chi connectivity index (χ3n) is 1.94. The van der Waals surface area contributed by atoms with E-state index in [1.165, 1.54) is 18.3 Å². The van der Waals surface area contributed by atoms with Crippen LogP contribution in [0.4, 0.5) is 10.5 Å². The van der Waals surface area contributed by atoms with Gasteiger partial charge in [-0.15, -0.1) is 0 Å². The fourth-order valence-corrected chi connectivity index (χ4v) is 1.76. The molecule has 1 aromatic heterocycles. The van der Waals surface area contributed by atoms with Crippen LogP contribution in [-0.4, -0.2) is 34.4 Å². The van der Waals surface area contributed by atoms with Gasteiger partial charge < -0.3 is 20.8 Å². The summed E-state index contributed by atoms with van der Waals surface area (Å²) < 4.78 is 0. The fraction of sp³-hybridized carbons (Fsp3) is 0.400. The summed E-state index contributed by atoms with van der Waals surface area (Å²) >= 11 is 1.44. The molecule has 17 heavy (non-hydrogen) atoms. The number of aliphatic hydroxyl groups is 1. The van der Waals surface area contributed by atoms with Crippen molar-refractivity contribution in [1.29, 1.82) is 0 Å². The Bertz CT molecular complexity index is 389. The highest BCUT2D eigenvalue weighted by Gasteiger charge is 2.24. The number of rotatable bonds is 5. The number of nitrogens with one attached hydrogen (secondary N) is 2. The average Bonchev–Trinajstić information content (AvgIpc) is 2.65. The highest BCUT2D eigenvalue weighted by molar-refractivity contribution is 7.08. The SMILES string of the molecule is CC(O)(CNC(=O)Nc1ccsc1)CC(=O)O. The number of hydrogen-bond acceptors (Lipinski definition) is 4. The molecule has 1 aromatic rings. The van der Waals surface area contributed by atoms with Crippen molar-refractivity contribution in [3.8, 4) is 0 Å². The van der Waals surface area contributed by atoms with Gasteiger partial charge in [-0.2, -0.15) is 11.3 Å². The van der Waals surface area contributed by atoms with Crippen LogP contribution in [0.25, 0.3) is 0 Å². The average molecular weight is 258 g/mol. The molecule has 0 spiro atoms. The Kier molecular flexibility index (Phi) is 4.47. The lowest BCUT2D eigenvalue weighted by molar-refractivity contribution is -0.141. The zero-order valence-electron chi connectivity index (χ0n) is 9.27. The summed E-state index contributed by atoms with van der Waals surface area (Å²) in [6, 6.07) is 1.26. The van der Waals surface area contributed by atoms with Gasteiger partial charge in [0.25, 0.3) is 0 Å². The van der Waals surface area contributed by atoms with Crippen LogP contribution >= 0.6 is 11.3 Å². The minimum atomic E-state index is -1.46. The predicted octanol–water partition coefficient (Wildman–Crippen LogP) is 1.10. The van der Waals surface area contributed by atoms with Crippen LogP contribution in [0.2, 0.25) is 0 Å². The highest BCUT2D eigenvalue weighted by Crippen LogP contribution is 2.11. The van der Waals surface area contributed by atoms with E-state index < -0.39 is 24.0 Å². The molecule has 0 aliphatic rings. The molecule has 0 fully saturated rings. The number of urea groups is 1. The lowest BCUT2D eigenvalue weighted by Crippen LogP contribution is -2.43. The van der Waals surface area contributed by atoms with E-state index in [4.69, 9.17) is 5.11 Å². The van der Waals surface area contributed by atoms with E-state index in [-0.39, 0.29) is 6.54 Å².